The van der Waals surface area contributed by atoms with Crippen molar-refractivity contribution in [3.63, 3.8) is 0 Å². The summed E-state index contributed by atoms with van der Waals surface area (Å²) in [4.78, 5) is 23.6. The van der Waals surface area contributed by atoms with Gasteiger partial charge in [0.25, 0.3) is 0 Å². The van der Waals surface area contributed by atoms with Crippen LogP contribution in [-0.4, -0.2) is 39.0 Å². The number of phenols is 1. The Morgan fingerprint density at radius 2 is 1.73 bits per heavy atom. The molecule has 22 heavy (non-hydrogen) atoms. The Kier molecular flexibility index (Phi) is 6.03. The van der Waals surface area contributed by atoms with Crippen LogP contribution in [0.25, 0.3) is 0 Å². The van der Waals surface area contributed by atoms with Gasteiger partial charge in [0.15, 0.2) is 6.10 Å². The van der Waals surface area contributed by atoms with Crippen molar-refractivity contribution in [2.45, 2.75) is 25.6 Å². The Hall–Kier alpha value is -2.44. The van der Waals surface area contributed by atoms with Crippen molar-refractivity contribution >= 4 is 11.9 Å². The van der Waals surface area contributed by atoms with E-state index >= 15 is 0 Å². The largest absolute Gasteiger partial charge is 0.507 e. The third-order valence-electron chi connectivity index (χ3n) is 2.85. The number of aliphatic hydroxyl groups excluding tert-OH is 1. The zero-order chi connectivity index (χ0) is 16.8. The zero-order valence-electron chi connectivity index (χ0n) is 12.3. The molecule has 6 nitrogen and oxygen atoms in total. The van der Waals surface area contributed by atoms with Gasteiger partial charge < -0.3 is 20.1 Å². The van der Waals surface area contributed by atoms with Gasteiger partial charge in [-0.2, -0.15) is 0 Å². The molecular formula is C16H18O6. The van der Waals surface area contributed by atoms with Gasteiger partial charge >= 0.3 is 11.9 Å². The number of para-hydroxylation sites is 1. The number of phenolic OH excluding ortho intramolecular Hbond substituents is 1. The molecule has 1 rings (SSSR count). The Bertz CT molecular complexity index is 590. The second kappa shape index (κ2) is 7.53. The molecule has 0 heterocycles. The minimum absolute atomic E-state index is 0.219. The minimum Gasteiger partial charge on any atom is -0.507 e. The molecule has 1 aromatic carbocycles. The first-order valence-corrected chi connectivity index (χ1v) is 6.58. The fraction of sp³-hybridized carbons (Fsp3) is 0.250. The van der Waals surface area contributed by atoms with Crippen LogP contribution >= 0.6 is 0 Å². The second-order valence-corrected chi connectivity index (χ2v) is 4.52. The number of allylic oxidation sites excluding steroid dienone is 2. The highest BCUT2D eigenvalue weighted by atomic mass is 16.6. The molecule has 1 unspecified atom stereocenters. The quantitative estimate of drug-likeness (QED) is 0.430. The van der Waals surface area contributed by atoms with Crippen LogP contribution in [0, 0.1) is 0 Å². The number of aliphatic hydroxyl groups is 2. The average molecular weight is 306 g/mol. The van der Waals surface area contributed by atoms with Crippen LogP contribution in [0.2, 0.25) is 0 Å². The summed E-state index contributed by atoms with van der Waals surface area (Å²) in [5.74, 6) is -2.80. The van der Waals surface area contributed by atoms with E-state index < -0.39 is 23.6 Å². The number of carbonyl (C=O) groups excluding carboxylic acids is 2. The van der Waals surface area contributed by atoms with Crippen LogP contribution in [0.4, 0.5) is 0 Å². The molecule has 0 saturated heterocycles. The van der Waals surface area contributed by atoms with Crippen molar-refractivity contribution in [2.24, 2.45) is 0 Å². The van der Waals surface area contributed by atoms with Crippen LogP contribution in [0.15, 0.2) is 48.6 Å². The maximum atomic E-state index is 11.8. The predicted octanol–water partition coefficient (Wildman–Crippen LogP) is 1.32. The summed E-state index contributed by atoms with van der Waals surface area (Å²) in [6.45, 7) is 3.19. The van der Waals surface area contributed by atoms with E-state index in [0.717, 1.165) is 0 Å². The van der Waals surface area contributed by atoms with Gasteiger partial charge in [0.1, 0.15) is 16.9 Å². The summed E-state index contributed by atoms with van der Waals surface area (Å²) in [5, 5.41) is 29.6. The van der Waals surface area contributed by atoms with Gasteiger partial charge in [0, 0.05) is 0 Å². The lowest BCUT2D eigenvalue weighted by atomic mass is 9.95. The van der Waals surface area contributed by atoms with Crippen molar-refractivity contribution in [1.82, 2.24) is 0 Å². The zero-order valence-corrected chi connectivity index (χ0v) is 12.3. The van der Waals surface area contributed by atoms with E-state index in [1.54, 1.807) is 13.8 Å². The van der Waals surface area contributed by atoms with Gasteiger partial charge in [0.2, 0.25) is 0 Å². The molecule has 118 valence electrons. The van der Waals surface area contributed by atoms with E-state index in [-0.39, 0.29) is 11.3 Å². The fourth-order valence-electron chi connectivity index (χ4n) is 1.81. The number of hydrogen-bond donors (Lipinski definition) is 3. The first-order chi connectivity index (χ1) is 10.4. The van der Waals surface area contributed by atoms with Crippen LogP contribution < -0.4 is 0 Å². The summed E-state index contributed by atoms with van der Waals surface area (Å²) in [5.41, 5.74) is -2.21. The van der Waals surface area contributed by atoms with Gasteiger partial charge in [-0.05, 0) is 26.0 Å². The smallest absolute Gasteiger partial charge is 0.349 e. The second-order valence-electron chi connectivity index (χ2n) is 4.52. The molecule has 0 fully saturated rings. The summed E-state index contributed by atoms with van der Waals surface area (Å²) in [6, 6.07) is 5.50. The molecule has 0 bridgehead atoms. The number of esters is 2. The first-order valence-electron chi connectivity index (χ1n) is 6.58. The molecule has 0 aliphatic carbocycles. The van der Waals surface area contributed by atoms with E-state index in [9.17, 15) is 24.9 Å². The average Bonchev–Trinajstić information content (AvgIpc) is 2.47. The van der Waals surface area contributed by atoms with Gasteiger partial charge in [-0.1, -0.05) is 36.4 Å². The molecule has 6 heteroatoms. The van der Waals surface area contributed by atoms with E-state index in [2.05, 4.69) is 4.74 Å². The highest BCUT2D eigenvalue weighted by Gasteiger charge is 2.38. The molecule has 0 spiro atoms. The maximum absolute atomic E-state index is 11.8. The van der Waals surface area contributed by atoms with Crippen molar-refractivity contribution in [2.75, 3.05) is 0 Å². The molecule has 1 atom stereocenters. The lowest BCUT2D eigenvalue weighted by Gasteiger charge is -2.24. The highest BCUT2D eigenvalue weighted by Crippen LogP contribution is 2.20. The number of benzene rings is 1. The van der Waals surface area contributed by atoms with Crippen molar-refractivity contribution in [1.29, 1.82) is 0 Å². The molecule has 0 saturated carbocycles. The lowest BCUT2D eigenvalue weighted by Crippen LogP contribution is -2.45. The minimum atomic E-state index is -1.99. The Morgan fingerprint density at radius 1 is 1.18 bits per heavy atom. The number of carbonyl (C=O) groups is 2. The molecule has 0 aromatic heterocycles. The summed E-state index contributed by atoms with van der Waals surface area (Å²) in [6.07, 6.45) is 3.30. The van der Waals surface area contributed by atoms with Gasteiger partial charge in [-0.3, -0.25) is 0 Å². The molecule has 0 aliphatic rings. The molecule has 0 aliphatic heterocycles. The molecule has 3 N–H and O–H groups in total. The highest BCUT2D eigenvalue weighted by molar-refractivity contribution is 6.00. The first kappa shape index (κ1) is 17.6. The third kappa shape index (κ3) is 4.03. The van der Waals surface area contributed by atoms with Crippen LogP contribution in [0.1, 0.15) is 24.2 Å². The van der Waals surface area contributed by atoms with Crippen LogP contribution in [0.3, 0.4) is 0 Å². The number of aromatic hydroxyl groups is 1. The lowest BCUT2D eigenvalue weighted by molar-refractivity contribution is -0.155. The van der Waals surface area contributed by atoms with Crippen molar-refractivity contribution in [3.05, 3.63) is 54.1 Å². The van der Waals surface area contributed by atoms with Crippen LogP contribution in [0.5, 0.6) is 5.75 Å². The maximum Gasteiger partial charge on any atom is 0.349 e. The Labute approximate surface area is 128 Å². The summed E-state index contributed by atoms with van der Waals surface area (Å²) >= 11 is 0. The third-order valence-corrected chi connectivity index (χ3v) is 2.85. The topological polar surface area (TPSA) is 104 Å². The number of rotatable bonds is 5. The SMILES string of the molecule is CC=CC(O)(C=CC)C(O)C(=O)OC(=O)c1ccccc1O. The van der Waals surface area contributed by atoms with Crippen molar-refractivity contribution < 1.29 is 29.6 Å². The van der Waals surface area contributed by atoms with E-state index in [4.69, 9.17) is 0 Å². The van der Waals surface area contributed by atoms with Crippen LogP contribution in [-0.2, 0) is 9.53 Å². The molecular weight excluding hydrogens is 288 g/mol. The molecule has 1 aromatic rings. The summed E-state index contributed by atoms with van der Waals surface area (Å²) < 4.78 is 4.50. The monoisotopic (exact) mass is 306 g/mol. The standard InChI is InChI=1S/C16H18O6/c1-3-9-16(21,10-4-2)13(18)15(20)22-14(19)11-7-5-6-8-12(11)17/h3-10,13,17-18,21H,1-2H3. The van der Waals surface area contributed by atoms with Gasteiger partial charge in [-0.25, -0.2) is 9.59 Å². The summed E-state index contributed by atoms with van der Waals surface area (Å²) in [7, 11) is 0. The van der Waals surface area contributed by atoms with E-state index in [1.807, 2.05) is 0 Å². The predicted molar refractivity (Wildman–Crippen MR) is 79.1 cm³/mol. The number of hydrogen-bond acceptors (Lipinski definition) is 6. The fourth-order valence-corrected chi connectivity index (χ4v) is 1.81. The number of ether oxygens (including phenoxy) is 1. The van der Waals surface area contributed by atoms with Gasteiger partial charge in [-0.15, -0.1) is 0 Å². The molecule has 0 radical (unpaired) electrons. The van der Waals surface area contributed by atoms with Crippen molar-refractivity contribution in [3.8, 4) is 5.75 Å². The van der Waals surface area contributed by atoms with Gasteiger partial charge in [0.05, 0.1) is 0 Å². The Balaban J connectivity index is 2.92. The normalized spacial score (nSPS) is 15.6. The molecule has 0 amide bonds. The Morgan fingerprint density at radius 3 is 2.23 bits per heavy atom. The van der Waals surface area contributed by atoms with E-state index in [1.165, 1.54) is 48.6 Å². The van der Waals surface area contributed by atoms with E-state index in [0.29, 0.717) is 0 Å².